The lowest BCUT2D eigenvalue weighted by molar-refractivity contribution is -0.383. The summed E-state index contributed by atoms with van der Waals surface area (Å²) in [5.74, 6) is 0.793. The standard InChI is InChI=1S/C14H21N3O2/c1-2-10-4-3-5-11(8-10)16-12-6-7-14(17(18)19)13(15)9-12/h6-7,9-11,16H,2-5,8,15H2,1H3. The van der Waals surface area contributed by atoms with Crippen molar-refractivity contribution in [3.63, 3.8) is 0 Å². The van der Waals surface area contributed by atoms with Crippen LogP contribution in [0.5, 0.6) is 0 Å². The van der Waals surface area contributed by atoms with Crippen molar-refractivity contribution in [3.05, 3.63) is 28.3 Å². The Morgan fingerprint density at radius 1 is 1.47 bits per heavy atom. The lowest BCUT2D eigenvalue weighted by atomic mass is 9.84. The van der Waals surface area contributed by atoms with Crippen LogP contribution in [-0.4, -0.2) is 11.0 Å². The molecule has 0 amide bonds. The molecule has 2 atom stereocenters. The Labute approximate surface area is 113 Å². The molecule has 2 rings (SSSR count). The number of nitrogen functional groups attached to an aromatic ring is 1. The largest absolute Gasteiger partial charge is 0.393 e. The van der Waals surface area contributed by atoms with Gasteiger partial charge in [0.1, 0.15) is 5.69 Å². The van der Waals surface area contributed by atoms with Crippen LogP contribution in [-0.2, 0) is 0 Å². The van der Waals surface area contributed by atoms with E-state index >= 15 is 0 Å². The van der Waals surface area contributed by atoms with Gasteiger partial charge in [0.2, 0.25) is 0 Å². The number of nitro benzene ring substituents is 1. The van der Waals surface area contributed by atoms with Crippen LogP contribution in [0.3, 0.4) is 0 Å². The van der Waals surface area contributed by atoms with Crippen LogP contribution in [0, 0.1) is 16.0 Å². The van der Waals surface area contributed by atoms with Crippen molar-refractivity contribution in [2.75, 3.05) is 11.1 Å². The van der Waals surface area contributed by atoms with Gasteiger partial charge in [-0.1, -0.05) is 26.2 Å². The second kappa shape index (κ2) is 5.91. The molecule has 104 valence electrons. The smallest absolute Gasteiger partial charge is 0.292 e. The highest BCUT2D eigenvalue weighted by Crippen LogP contribution is 2.30. The van der Waals surface area contributed by atoms with Gasteiger partial charge in [-0.05, 0) is 30.9 Å². The zero-order valence-corrected chi connectivity index (χ0v) is 11.3. The van der Waals surface area contributed by atoms with E-state index in [-0.39, 0.29) is 11.4 Å². The van der Waals surface area contributed by atoms with Crippen LogP contribution in [0.4, 0.5) is 17.1 Å². The topological polar surface area (TPSA) is 81.2 Å². The van der Waals surface area contributed by atoms with Crippen LogP contribution < -0.4 is 11.1 Å². The molecule has 0 radical (unpaired) electrons. The van der Waals surface area contributed by atoms with Crippen molar-refractivity contribution in [2.24, 2.45) is 5.92 Å². The predicted octanol–water partition coefficient (Wildman–Crippen LogP) is 3.56. The maximum absolute atomic E-state index is 10.7. The van der Waals surface area contributed by atoms with E-state index in [1.807, 2.05) is 0 Å². The molecule has 19 heavy (non-hydrogen) atoms. The molecule has 1 aromatic rings. The molecule has 1 aliphatic rings. The van der Waals surface area contributed by atoms with Gasteiger partial charge in [-0.25, -0.2) is 0 Å². The Hall–Kier alpha value is -1.78. The Morgan fingerprint density at radius 3 is 2.89 bits per heavy atom. The van der Waals surface area contributed by atoms with E-state index in [0.29, 0.717) is 6.04 Å². The zero-order valence-electron chi connectivity index (χ0n) is 11.3. The number of hydrogen-bond donors (Lipinski definition) is 2. The zero-order chi connectivity index (χ0) is 13.8. The molecule has 3 N–H and O–H groups in total. The molecule has 0 bridgehead atoms. The van der Waals surface area contributed by atoms with Gasteiger partial charge >= 0.3 is 0 Å². The van der Waals surface area contributed by atoms with Gasteiger partial charge in [0, 0.05) is 17.8 Å². The van der Waals surface area contributed by atoms with Gasteiger partial charge in [0.05, 0.1) is 4.92 Å². The summed E-state index contributed by atoms with van der Waals surface area (Å²) in [6.45, 7) is 2.23. The summed E-state index contributed by atoms with van der Waals surface area (Å²) in [6.07, 6.45) is 6.12. The molecule has 1 aliphatic carbocycles. The van der Waals surface area contributed by atoms with Gasteiger partial charge < -0.3 is 11.1 Å². The third kappa shape index (κ3) is 3.36. The van der Waals surface area contributed by atoms with Gasteiger partial charge in [-0.2, -0.15) is 0 Å². The fourth-order valence-corrected chi connectivity index (χ4v) is 2.84. The molecule has 2 unspecified atom stereocenters. The molecule has 5 nitrogen and oxygen atoms in total. The SMILES string of the molecule is CCC1CCCC(Nc2ccc([N+](=O)[O-])c(N)c2)C1. The minimum absolute atomic E-state index is 0.0272. The second-order valence-electron chi connectivity index (χ2n) is 5.31. The first-order valence-corrected chi connectivity index (χ1v) is 6.90. The maximum Gasteiger partial charge on any atom is 0.292 e. The van der Waals surface area contributed by atoms with Crippen LogP contribution in [0.25, 0.3) is 0 Å². The van der Waals surface area contributed by atoms with Crippen molar-refractivity contribution < 1.29 is 4.92 Å². The van der Waals surface area contributed by atoms with Crippen LogP contribution in [0.1, 0.15) is 39.0 Å². The van der Waals surface area contributed by atoms with E-state index in [2.05, 4.69) is 12.2 Å². The summed E-state index contributed by atoms with van der Waals surface area (Å²) in [5, 5.41) is 14.2. The average molecular weight is 263 g/mol. The number of nitrogens with zero attached hydrogens (tertiary/aromatic N) is 1. The van der Waals surface area contributed by atoms with Crippen molar-refractivity contribution in [1.82, 2.24) is 0 Å². The first-order valence-electron chi connectivity index (χ1n) is 6.90. The highest BCUT2D eigenvalue weighted by Gasteiger charge is 2.21. The molecule has 0 aliphatic heterocycles. The number of hydrogen-bond acceptors (Lipinski definition) is 4. The number of nitro groups is 1. The van der Waals surface area contributed by atoms with Crippen LogP contribution in [0.15, 0.2) is 18.2 Å². The molecule has 5 heteroatoms. The van der Waals surface area contributed by atoms with Gasteiger partial charge in [-0.3, -0.25) is 10.1 Å². The van der Waals surface area contributed by atoms with E-state index in [9.17, 15) is 10.1 Å². The molecular weight excluding hydrogens is 242 g/mol. The summed E-state index contributed by atoms with van der Waals surface area (Å²) in [6, 6.07) is 5.33. The Balaban J connectivity index is 2.03. The van der Waals surface area contributed by atoms with E-state index in [1.165, 1.54) is 31.7 Å². The summed E-state index contributed by atoms with van der Waals surface area (Å²) < 4.78 is 0. The van der Waals surface area contributed by atoms with E-state index < -0.39 is 4.92 Å². The fraction of sp³-hybridized carbons (Fsp3) is 0.571. The Kier molecular flexibility index (Phi) is 4.24. The average Bonchev–Trinajstić information content (AvgIpc) is 2.38. The number of benzene rings is 1. The molecular formula is C14H21N3O2. The van der Waals surface area contributed by atoms with Crippen molar-refractivity contribution in [1.29, 1.82) is 0 Å². The summed E-state index contributed by atoms with van der Waals surface area (Å²) in [7, 11) is 0. The lowest BCUT2D eigenvalue weighted by Crippen LogP contribution is -2.27. The maximum atomic E-state index is 10.7. The molecule has 0 aromatic heterocycles. The Morgan fingerprint density at radius 2 is 2.26 bits per heavy atom. The normalized spacial score (nSPS) is 23.0. The van der Waals surface area contributed by atoms with Crippen molar-refractivity contribution >= 4 is 17.1 Å². The van der Waals surface area contributed by atoms with Crippen molar-refractivity contribution in [3.8, 4) is 0 Å². The van der Waals surface area contributed by atoms with E-state index in [4.69, 9.17) is 5.73 Å². The third-order valence-electron chi connectivity index (χ3n) is 3.96. The molecule has 1 saturated carbocycles. The van der Waals surface area contributed by atoms with E-state index in [1.54, 1.807) is 12.1 Å². The van der Waals surface area contributed by atoms with Crippen molar-refractivity contribution in [2.45, 2.75) is 45.1 Å². The van der Waals surface area contributed by atoms with Crippen LogP contribution >= 0.6 is 0 Å². The second-order valence-corrected chi connectivity index (χ2v) is 5.31. The minimum atomic E-state index is -0.452. The first-order chi connectivity index (χ1) is 9.10. The molecule has 1 fully saturated rings. The Bertz CT molecular complexity index is 462. The number of nitrogens with two attached hydrogens (primary N) is 1. The monoisotopic (exact) mass is 263 g/mol. The van der Waals surface area contributed by atoms with Gasteiger partial charge in [0.25, 0.3) is 5.69 Å². The fourth-order valence-electron chi connectivity index (χ4n) is 2.84. The molecule has 0 heterocycles. The first kappa shape index (κ1) is 13.6. The van der Waals surface area contributed by atoms with Gasteiger partial charge in [0.15, 0.2) is 0 Å². The quantitative estimate of drug-likeness (QED) is 0.494. The number of anilines is 2. The minimum Gasteiger partial charge on any atom is -0.393 e. The molecule has 0 spiro atoms. The number of nitrogens with one attached hydrogen (secondary N) is 1. The van der Waals surface area contributed by atoms with Gasteiger partial charge in [-0.15, -0.1) is 0 Å². The third-order valence-corrected chi connectivity index (χ3v) is 3.96. The van der Waals surface area contributed by atoms with E-state index in [0.717, 1.165) is 18.0 Å². The molecule has 0 saturated heterocycles. The highest BCUT2D eigenvalue weighted by atomic mass is 16.6. The summed E-state index contributed by atoms with van der Waals surface area (Å²) >= 11 is 0. The highest BCUT2D eigenvalue weighted by molar-refractivity contribution is 5.66. The lowest BCUT2D eigenvalue weighted by Gasteiger charge is -2.29. The summed E-state index contributed by atoms with van der Waals surface area (Å²) in [5.41, 5.74) is 6.77. The molecule has 1 aromatic carbocycles. The summed E-state index contributed by atoms with van der Waals surface area (Å²) in [4.78, 5) is 10.3. The van der Waals surface area contributed by atoms with Crippen LogP contribution in [0.2, 0.25) is 0 Å². The number of rotatable bonds is 4. The predicted molar refractivity (Wildman–Crippen MR) is 77.2 cm³/mol.